The van der Waals surface area contributed by atoms with Crippen molar-refractivity contribution in [2.24, 2.45) is 0 Å². The summed E-state index contributed by atoms with van der Waals surface area (Å²) in [5.74, 6) is 0. The maximum absolute atomic E-state index is 11.3. The molecule has 0 N–H and O–H groups in total. The molecule has 0 aromatic heterocycles. The molecule has 0 aromatic carbocycles. The van der Waals surface area contributed by atoms with Gasteiger partial charge in [-0.25, -0.2) is 8.42 Å². The van der Waals surface area contributed by atoms with Crippen LogP contribution in [0.3, 0.4) is 0 Å². The quantitative estimate of drug-likeness (QED) is 0.672. The molecule has 0 aromatic rings. The van der Waals surface area contributed by atoms with Crippen molar-refractivity contribution in [3.05, 3.63) is 0 Å². The lowest BCUT2D eigenvalue weighted by atomic mass is 10.1. The lowest BCUT2D eigenvalue weighted by molar-refractivity contribution is 0.186. The molecule has 4 heteroatoms. The third-order valence-electron chi connectivity index (χ3n) is 2.75. The summed E-state index contributed by atoms with van der Waals surface area (Å²) in [5.41, 5.74) is 0. The Labute approximate surface area is 81.0 Å². The maximum atomic E-state index is 11.3. The molecule has 0 amide bonds. The monoisotopic (exact) mass is 205 g/mol. The van der Waals surface area contributed by atoms with Crippen molar-refractivity contribution >= 4 is 9.84 Å². The standard InChI is InChI=1S/C9H19NO2S/c1-8(2)10-6-4-5-9(7-10)13(3,11)12/h8-9H,4-7H2,1-3H3. The molecule has 13 heavy (non-hydrogen) atoms. The first-order chi connectivity index (χ1) is 5.91. The predicted molar refractivity (Wildman–Crippen MR) is 54.6 cm³/mol. The van der Waals surface area contributed by atoms with Gasteiger partial charge in [0.1, 0.15) is 0 Å². The second kappa shape index (κ2) is 3.96. The summed E-state index contributed by atoms with van der Waals surface area (Å²) in [4.78, 5) is 2.25. The smallest absolute Gasteiger partial charge is 0.151 e. The predicted octanol–water partition coefficient (Wildman–Crippen LogP) is 0.904. The number of nitrogens with zero attached hydrogens (tertiary/aromatic N) is 1. The third kappa shape index (κ3) is 2.95. The highest BCUT2D eigenvalue weighted by Gasteiger charge is 2.28. The summed E-state index contributed by atoms with van der Waals surface area (Å²) in [6.45, 7) is 6.00. The molecule has 0 bridgehead atoms. The van der Waals surface area contributed by atoms with Gasteiger partial charge in [0.2, 0.25) is 0 Å². The minimum absolute atomic E-state index is 0.136. The highest BCUT2D eigenvalue weighted by Crippen LogP contribution is 2.17. The molecule has 1 unspecified atom stereocenters. The Kier molecular flexibility index (Phi) is 3.35. The number of rotatable bonds is 2. The van der Waals surface area contributed by atoms with Gasteiger partial charge in [-0.1, -0.05) is 0 Å². The van der Waals surface area contributed by atoms with Crippen LogP contribution in [0.5, 0.6) is 0 Å². The average Bonchev–Trinajstić information content (AvgIpc) is 2.03. The minimum Gasteiger partial charge on any atom is -0.300 e. The Morgan fingerprint density at radius 3 is 2.46 bits per heavy atom. The molecule has 1 aliphatic rings. The normalized spacial score (nSPS) is 26.6. The average molecular weight is 205 g/mol. The topological polar surface area (TPSA) is 37.4 Å². The van der Waals surface area contributed by atoms with E-state index >= 15 is 0 Å². The van der Waals surface area contributed by atoms with Crippen molar-refractivity contribution in [2.75, 3.05) is 19.3 Å². The van der Waals surface area contributed by atoms with E-state index in [1.165, 1.54) is 6.26 Å². The van der Waals surface area contributed by atoms with Gasteiger partial charge in [0.25, 0.3) is 0 Å². The molecule has 0 radical (unpaired) electrons. The zero-order valence-electron chi connectivity index (χ0n) is 8.66. The highest BCUT2D eigenvalue weighted by molar-refractivity contribution is 7.91. The lowest BCUT2D eigenvalue weighted by Gasteiger charge is -2.34. The van der Waals surface area contributed by atoms with Gasteiger partial charge < -0.3 is 0 Å². The third-order valence-corrected chi connectivity index (χ3v) is 4.34. The van der Waals surface area contributed by atoms with Crippen LogP contribution < -0.4 is 0 Å². The molecule has 1 fully saturated rings. The van der Waals surface area contributed by atoms with E-state index in [-0.39, 0.29) is 5.25 Å². The van der Waals surface area contributed by atoms with Crippen LogP contribution in [0.1, 0.15) is 26.7 Å². The van der Waals surface area contributed by atoms with Gasteiger partial charge in [-0.3, -0.25) is 4.90 Å². The van der Waals surface area contributed by atoms with Crippen LogP contribution in [0, 0.1) is 0 Å². The van der Waals surface area contributed by atoms with Gasteiger partial charge in [-0.15, -0.1) is 0 Å². The van der Waals surface area contributed by atoms with E-state index in [2.05, 4.69) is 18.7 Å². The Balaban J connectivity index is 2.62. The van der Waals surface area contributed by atoms with Gasteiger partial charge in [0.15, 0.2) is 9.84 Å². The zero-order valence-corrected chi connectivity index (χ0v) is 9.47. The van der Waals surface area contributed by atoms with Gasteiger partial charge >= 0.3 is 0 Å². The van der Waals surface area contributed by atoms with E-state index in [1.54, 1.807) is 0 Å². The van der Waals surface area contributed by atoms with Crippen LogP contribution in [-0.2, 0) is 9.84 Å². The molecule has 0 spiro atoms. The number of sulfone groups is 1. The first-order valence-electron chi connectivity index (χ1n) is 4.84. The Morgan fingerprint density at radius 2 is 2.00 bits per heavy atom. The second-order valence-corrected chi connectivity index (χ2v) is 6.51. The fourth-order valence-corrected chi connectivity index (χ4v) is 2.84. The Morgan fingerprint density at radius 1 is 1.38 bits per heavy atom. The van der Waals surface area contributed by atoms with Crippen LogP contribution in [0.4, 0.5) is 0 Å². The first-order valence-corrected chi connectivity index (χ1v) is 6.79. The summed E-state index contributed by atoms with van der Waals surface area (Å²) in [7, 11) is -2.83. The lowest BCUT2D eigenvalue weighted by Crippen LogP contribution is -2.45. The van der Waals surface area contributed by atoms with Crippen molar-refractivity contribution in [2.45, 2.75) is 38.0 Å². The molecule has 1 saturated heterocycles. The molecular formula is C9H19NO2S. The summed E-state index contributed by atoms with van der Waals surface area (Å²) >= 11 is 0. The Bertz CT molecular complexity index is 259. The fraction of sp³-hybridized carbons (Fsp3) is 1.00. The largest absolute Gasteiger partial charge is 0.300 e. The molecule has 78 valence electrons. The molecule has 1 rings (SSSR count). The summed E-state index contributed by atoms with van der Waals surface area (Å²) in [5, 5.41) is -0.136. The number of likely N-dealkylation sites (tertiary alicyclic amines) is 1. The van der Waals surface area contributed by atoms with Crippen molar-refractivity contribution in [1.29, 1.82) is 0 Å². The molecule has 1 heterocycles. The molecule has 0 aliphatic carbocycles. The molecule has 3 nitrogen and oxygen atoms in total. The van der Waals surface area contributed by atoms with Crippen LogP contribution in [0.15, 0.2) is 0 Å². The highest BCUT2D eigenvalue weighted by atomic mass is 32.2. The zero-order chi connectivity index (χ0) is 10.1. The van der Waals surface area contributed by atoms with Crippen LogP contribution in [-0.4, -0.2) is 44.0 Å². The number of hydrogen-bond acceptors (Lipinski definition) is 3. The van der Waals surface area contributed by atoms with Crippen LogP contribution >= 0.6 is 0 Å². The Hall–Kier alpha value is -0.0900. The summed E-state index contributed by atoms with van der Waals surface area (Å²) in [6.07, 6.45) is 3.19. The van der Waals surface area contributed by atoms with E-state index in [0.29, 0.717) is 6.04 Å². The van der Waals surface area contributed by atoms with Crippen molar-refractivity contribution in [3.8, 4) is 0 Å². The van der Waals surface area contributed by atoms with Gasteiger partial charge in [-0.2, -0.15) is 0 Å². The van der Waals surface area contributed by atoms with Gasteiger partial charge in [0, 0.05) is 18.8 Å². The van der Waals surface area contributed by atoms with E-state index in [9.17, 15) is 8.42 Å². The molecule has 0 saturated carbocycles. The van der Waals surface area contributed by atoms with E-state index in [4.69, 9.17) is 0 Å². The van der Waals surface area contributed by atoms with E-state index < -0.39 is 9.84 Å². The second-order valence-electron chi connectivity index (χ2n) is 4.18. The molecule has 1 atom stereocenters. The van der Waals surface area contributed by atoms with Crippen molar-refractivity contribution < 1.29 is 8.42 Å². The fourth-order valence-electron chi connectivity index (χ4n) is 1.78. The summed E-state index contributed by atoms with van der Waals surface area (Å²) < 4.78 is 22.7. The number of piperidine rings is 1. The SMILES string of the molecule is CC(C)N1CCCC(S(C)(=O)=O)C1. The number of hydrogen-bond donors (Lipinski definition) is 0. The molecule has 1 aliphatic heterocycles. The van der Waals surface area contributed by atoms with E-state index in [1.807, 2.05) is 0 Å². The van der Waals surface area contributed by atoms with Crippen molar-refractivity contribution in [3.63, 3.8) is 0 Å². The van der Waals surface area contributed by atoms with E-state index in [0.717, 1.165) is 25.9 Å². The maximum Gasteiger partial charge on any atom is 0.151 e. The van der Waals surface area contributed by atoms with Crippen LogP contribution in [0.25, 0.3) is 0 Å². The summed E-state index contributed by atoms with van der Waals surface area (Å²) in [6, 6.07) is 0.463. The minimum atomic E-state index is -2.83. The van der Waals surface area contributed by atoms with Crippen LogP contribution in [0.2, 0.25) is 0 Å². The van der Waals surface area contributed by atoms with Gasteiger partial charge in [0.05, 0.1) is 5.25 Å². The molecular weight excluding hydrogens is 186 g/mol. The first kappa shape index (κ1) is 11.0. The van der Waals surface area contributed by atoms with Crippen molar-refractivity contribution in [1.82, 2.24) is 4.90 Å². The van der Waals surface area contributed by atoms with Gasteiger partial charge in [-0.05, 0) is 33.2 Å².